The first-order chi connectivity index (χ1) is 14.1. The van der Waals surface area contributed by atoms with Gasteiger partial charge in [0.1, 0.15) is 0 Å². The quantitative estimate of drug-likeness (QED) is 0.549. The van der Waals surface area contributed by atoms with E-state index in [1.807, 2.05) is 42.9 Å². The highest BCUT2D eigenvalue weighted by Crippen LogP contribution is 2.44. The summed E-state index contributed by atoms with van der Waals surface area (Å²) in [6, 6.07) is 17.9. The molecule has 1 heterocycles. The van der Waals surface area contributed by atoms with E-state index in [2.05, 4.69) is 21.7 Å². The Kier molecular flexibility index (Phi) is 5.74. The number of rotatable bonds is 9. The molecule has 3 aromatic rings. The first-order valence-corrected chi connectivity index (χ1v) is 10.00. The van der Waals surface area contributed by atoms with Crippen molar-refractivity contribution in [1.29, 1.82) is 0 Å². The fraction of sp³-hybridized carbons (Fsp3) is 0.304. The van der Waals surface area contributed by atoms with Gasteiger partial charge in [0.25, 0.3) is 0 Å². The van der Waals surface area contributed by atoms with Gasteiger partial charge in [0.2, 0.25) is 5.91 Å². The number of hydrogen-bond donors (Lipinski definition) is 2. The zero-order chi connectivity index (χ0) is 20.2. The molecule has 2 aromatic carbocycles. The number of primary amides is 1. The monoisotopic (exact) mass is 390 g/mol. The van der Waals surface area contributed by atoms with Crippen LogP contribution in [0.2, 0.25) is 0 Å². The average molecular weight is 390 g/mol. The topological polar surface area (TPSA) is 84.4 Å². The smallest absolute Gasteiger partial charge is 0.248 e. The number of nitrogens with two attached hydrogens (primary N) is 1. The normalized spacial score (nSPS) is 18.1. The van der Waals surface area contributed by atoms with Crippen LogP contribution in [0.5, 0.6) is 0 Å². The maximum absolute atomic E-state index is 11.1. The Labute approximate surface area is 170 Å². The maximum atomic E-state index is 11.1. The maximum Gasteiger partial charge on any atom is 0.248 e. The van der Waals surface area contributed by atoms with Crippen LogP contribution in [-0.4, -0.2) is 31.8 Å². The SMILES string of the molecule is NC(=O)c1ccc(CCCn2cnc(CN(O)C3CC3c3ccccc3)c2)cc1. The molecule has 0 aliphatic heterocycles. The van der Waals surface area contributed by atoms with Gasteiger partial charge in [-0.3, -0.25) is 4.79 Å². The zero-order valence-corrected chi connectivity index (χ0v) is 16.3. The molecule has 0 spiro atoms. The van der Waals surface area contributed by atoms with Crippen molar-refractivity contribution >= 4 is 5.91 Å². The highest BCUT2D eigenvalue weighted by atomic mass is 16.5. The molecule has 0 radical (unpaired) electrons. The molecule has 3 N–H and O–H groups in total. The number of aryl methyl sites for hydroxylation is 2. The number of carbonyl (C=O) groups excluding carboxylic acids is 1. The molecule has 6 heteroatoms. The second-order valence-corrected chi connectivity index (χ2v) is 7.69. The highest BCUT2D eigenvalue weighted by Gasteiger charge is 2.42. The molecule has 1 fully saturated rings. The molecule has 1 aliphatic rings. The Balaban J connectivity index is 1.23. The van der Waals surface area contributed by atoms with E-state index in [1.165, 1.54) is 16.2 Å². The zero-order valence-electron chi connectivity index (χ0n) is 16.3. The molecule has 6 nitrogen and oxygen atoms in total. The minimum atomic E-state index is -0.401. The molecule has 2 atom stereocenters. The average Bonchev–Trinajstić information content (AvgIpc) is 3.43. The van der Waals surface area contributed by atoms with Crippen molar-refractivity contribution < 1.29 is 10.0 Å². The number of benzene rings is 2. The molecule has 1 aliphatic carbocycles. The van der Waals surface area contributed by atoms with Gasteiger partial charge in [-0.25, -0.2) is 4.98 Å². The van der Waals surface area contributed by atoms with Crippen molar-refractivity contribution in [3.63, 3.8) is 0 Å². The van der Waals surface area contributed by atoms with Crippen LogP contribution >= 0.6 is 0 Å². The van der Waals surface area contributed by atoms with Gasteiger partial charge in [-0.15, -0.1) is 0 Å². The van der Waals surface area contributed by atoms with Crippen molar-refractivity contribution in [2.75, 3.05) is 0 Å². The van der Waals surface area contributed by atoms with Gasteiger partial charge >= 0.3 is 0 Å². The summed E-state index contributed by atoms with van der Waals surface area (Å²) in [6.45, 7) is 1.29. The van der Waals surface area contributed by atoms with Gasteiger partial charge in [0, 0.05) is 30.3 Å². The Hall–Kier alpha value is -2.96. The second-order valence-electron chi connectivity index (χ2n) is 7.69. The molecular formula is C23H26N4O2. The van der Waals surface area contributed by atoms with Crippen molar-refractivity contribution in [3.05, 3.63) is 89.5 Å². The fourth-order valence-electron chi connectivity index (χ4n) is 3.76. The molecule has 1 amide bonds. The molecule has 1 aromatic heterocycles. The van der Waals surface area contributed by atoms with Crippen molar-refractivity contribution in [1.82, 2.24) is 14.6 Å². The Morgan fingerprint density at radius 1 is 1.17 bits per heavy atom. The number of nitrogens with zero attached hydrogens (tertiary/aromatic N) is 3. The van der Waals surface area contributed by atoms with Crippen LogP contribution < -0.4 is 5.73 Å². The van der Waals surface area contributed by atoms with E-state index in [0.717, 1.165) is 31.5 Å². The molecular weight excluding hydrogens is 364 g/mol. The minimum absolute atomic E-state index is 0.172. The highest BCUT2D eigenvalue weighted by molar-refractivity contribution is 5.92. The Morgan fingerprint density at radius 2 is 1.93 bits per heavy atom. The molecule has 0 bridgehead atoms. The first-order valence-electron chi connectivity index (χ1n) is 10.00. The van der Waals surface area contributed by atoms with Crippen LogP contribution in [0.4, 0.5) is 0 Å². The Morgan fingerprint density at radius 3 is 2.66 bits per heavy atom. The van der Waals surface area contributed by atoms with Gasteiger partial charge in [0.05, 0.1) is 18.6 Å². The van der Waals surface area contributed by atoms with E-state index < -0.39 is 5.91 Å². The summed E-state index contributed by atoms with van der Waals surface area (Å²) in [6.07, 6.45) is 6.68. The lowest BCUT2D eigenvalue weighted by molar-refractivity contribution is -0.110. The summed E-state index contributed by atoms with van der Waals surface area (Å²) in [4.78, 5) is 15.5. The third-order valence-corrected chi connectivity index (χ3v) is 5.50. The summed E-state index contributed by atoms with van der Waals surface area (Å²) in [5.41, 5.74) is 9.13. The number of carbonyl (C=O) groups is 1. The standard InChI is InChI=1S/C23H26N4O2/c24-23(28)19-10-8-17(9-11-19)5-4-12-26-14-20(25-16-26)15-27(29)22-13-21(22)18-6-2-1-3-7-18/h1-3,6-11,14,16,21-22,29H,4-5,12-13,15H2,(H2,24,28). The molecule has 0 saturated heterocycles. The predicted octanol–water partition coefficient (Wildman–Crippen LogP) is 3.36. The molecule has 4 rings (SSSR count). The molecule has 1 saturated carbocycles. The summed E-state index contributed by atoms with van der Waals surface area (Å²) in [5, 5.41) is 11.8. The summed E-state index contributed by atoms with van der Waals surface area (Å²) in [5.74, 6) is 0.00551. The fourth-order valence-corrected chi connectivity index (χ4v) is 3.76. The van der Waals surface area contributed by atoms with E-state index in [4.69, 9.17) is 5.73 Å². The van der Waals surface area contributed by atoms with E-state index in [9.17, 15) is 10.0 Å². The number of imidazole rings is 1. The van der Waals surface area contributed by atoms with Gasteiger partial charge < -0.3 is 15.5 Å². The van der Waals surface area contributed by atoms with Crippen LogP contribution in [0, 0.1) is 0 Å². The van der Waals surface area contributed by atoms with Gasteiger partial charge in [-0.2, -0.15) is 5.06 Å². The van der Waals surface area contributed by atoms with Crippen molar-refractivity contribution in [3.8, 4) is 0 Å². The molecule has 2 unspecified atom stereocenters. The first kappa shape index (κ1) is 19.4. The molecule has 150 valence electrons. The summed E-state index contributed by atoms with van der Waals surface area (Å²) >= 11 is 0. The Bertz CT molecular complexity index is 953. The van der Waals surface area contributed by atoms with E-state index in [-0.39, 0.29) is 6.04 Å². The van der Waals surface area contributed by atoms with Crippen LogP contribution in [0.25, 0.3) is 0 Å². The van der Waals surface area contributed by atoms with Crippen LogP contribution in [0.15, 0.2) is 67.1 Å². The van der Waals surface area contributed by atoms with Gasteiger partial charge in [-0.1, -0.05) is 42.5 Å². The van der Waals surface area contributed by atoms with Gasteiger partial charge in [-0.05, 0) is 42.5 Å². The van der Waals surface area contributed by atoms with Crippen molar-refractivity contribution in [2.45, 2.75) is 44.3 Å². The second kappa shape index (κ2) is 8.59. The predicted molar refractivity (Wildman–Crippen MR) is 110 cm³/mol. The lowest BCUT2D eigenvalue weighted by atomic mass is 10.1. The van der Waals surface area contributed by atoms with E-state index in [0.29, 0.717) is 18.0 Å². The van der Waals surface area contributed by atoms with E-state index in [1.54, 1.807) is 12.1 Å². The van der Waals surface area contributed by atoms with E-state index >= 15 is 0 Å². The largest absolute Gasteiger partial charge is 0.366 e. The number of amides is 1. The minimum Gasteiger partial charge on any atom is -0.366 e. The summed E-state index contributed by atoms with van der Waals surface area (Å²) in [7, 11) is 0. The lowest BCUT2D eigenvalue weighted by Gasteiger charge is -2.13. The van der Waals surface area contributed by atoms with Gasteiger partial charge in [0.15, 0.2) is 0 Å². The van der Waals surface area contributed by atoms with Crippen LogP contribution in [0.3, 0.4) is 0 Å². The lowest BCUT2D eigenvalue weighted by Crippen LogP contribution is -2.22. The third-order valence-electron chi connectivity index (χ3n) is 5.50. The number of hydroxylamine groups is 2. The molecule has 29 heavy (non-hydrogen) atoms. The summed E-state index contributed by atoms with van der Waals surface area (Å²) < 4.78 is 2.06. The van der Waals surface area contributed by atoms with Crippen LogP contribution in [-0.2, 0) is 19.5 Å². The third kappa shape index (κ3) is 4.91. The number of aromatic nitrogens is 2. The van der Waals surface area contributed by atoms with Crippen molar-refractivity contribution in [2.24, 2.45) is 5.73 Å². The van der Waals surface area contributed by atoms with Crippen LogP contribution in [0.1, 0.15) is 45.9 Å². The number of hydrogen-bond acceptors (Lipinski definition) is 4.